The molecule has 16 heavy (non-hydrogen) atoms. The van der Waals surface area contributed by atoms with Gasteiger partial charge in [-0.15, -0.1) is 0 Å². The Morgan fingerprint density at radius 3 is 3.00 bits per heavy atom. The first kappa shape index (κ1) is 11.1. The van der Waals surface area contributed by atoms with Gasteiger partial charge in [0.25, 0.3) is 5.91 Å². The molecule has 0 atom stereocenters. The third-order valence-electron chi connectivity index (χ3n) is 2.68. The molecular formula is C10H16N4O2. The van der Waals surface area contributed by atoms with E-state index >= 15 is 0 Å². The minimum atomic E-state index is -0.192. The predicted octanol–water partition coefficient (Wildman–Crippen LogP) is 1.09. The molecule has 88 valence electrons. The number of nitrogens with zero attached hydrogens (tertiary/aromatic N) is 2. The fraction of sp³-hybridized carbons (Fsp3) is 0.700. The van der Waals surface area contributed by atoms with Gasteiger partial charge in [-0.05, 0) is 12.8 Å². The van der Waals surface area contributed by atoms with Crippen LogP contribution in [-0.2, 0) is 9.53 Å². The van der Waals surface area contributed by atoms with Crippen molar-refractivity contribution < 1.29 is 9.53 Å². The summed E-state index contributed by atoms with van der Waals surface area (Å²) in [5.74, 6) is 0.166. The van der Waals surface area contributed by atoms with E-state index in [1.807, 2.05) is 0 Å². The van der Waals surface area contributed by atoms with Gasteiger partial charge in [-0.1, -0.05) is 19.3 Å². The van der Waals surface area contributed by atoms with Crippen LogP contribution in [0.2, 0.25) is 0 Å². The second kappa shape index (κ2) is 5.60. The van der Waals surface area contributed by atoms with E-state index in [1.165, 1.54) is 25.6 Å². The third kappa shape index (κ3) is 3.30. The van der Waals surface area contributed by atoms with E-state index in [0.29, 0.717) is 5.95 Å². The van der Waals surface area contributed by atoms with Crippen molar-refractivity contribution in [3.8, 4) is 0 Å². The molecule has 0 aliphatic heterocycles. The standard InChI is InChI=1S/C10H16N4O2/c15-9(13-10-11-7-12-14-10)6-16-8-4-2-1-3-5-8/h7-8H,1-6H2,(H2,11,12,13,14,15). The molecule has 0 spiro atoms. The van der Waals surface area contributed by atoms with Crippen LogP contribution in [0.25, 0.3) is 0 Å². The summed E-state index contributed by atoms with van der Waals surface area (Å²) >= 11 is 0. The molecule has 0 aromatic carbocycles. The van der Waals surface area contributed by atoms with Crippen LogP contribution in [0.4, 0.5) is 5.95 Å². The maximum Gasteiger partial charge on any atom is 0.252 e. The van der Waals surface area contributed by atoms with E-state index in [2.05, 4.69) is 20.5 Å². The molecular weight excluding hydrogens is 208 g/mol. The molecule has 2 rings (SSSR count). The fourth-order valence-corrected chi connectivity index (χ4v) is 1.86. The lowest BCUT2D eigenvalue weighted by Crippen LogP contribution is -2.25. The number of ether oxygens (including phenoxy) is 1. The Hall–Kier alpha value is -1.43. The molecule has 1 saturated carbocycles. The van der Waals surface area contributed by atoms with Gasteiger partial charge < -0.3 is 4.74 Å². The molecule has 1 fully saturated rings. The van der Waals surface area contributed by atoms with E-state index in [0.717, 1.165) is 12.8 Å². The van der Waals surface area contributed by atoms with Crippen LogP contribution >= 0.6 is 0 Å². The molecule has 0 bridgehead atoms. The van der Waals surface area contributed by atoms with Crippen molar-refractivity contribution in [2.45, 2.75) is 38.2 Å². The SMILES string of the molecule is O=C(COC1CCCCC1)Nc1ncn[nH]1. The van der Waals surface area contributed by atoms with Crippen molar-refractivity contribution in [2.24, 2.45) is 0 Å². The molecule has 1 aliphatic rings. The van der Waals surface area contributed by atoms with Crippen molar-refractivity contribution >= 4 is 11.9 Å². The highest BCUT2D eigenvalue weighted by atomic mass is 16.5. The minimum Gasteiger partial charge on any atom is -0.368 e. The Labute approximate surface area is 93.8 Å². The van der Waals surface area contributed by atoms with Crippen molar-refractivity contribution in [2.75, 3.05) is 11.9 Å². The molecule has 0 saturated heterocycles. The number of hydrogen-bond acceptors (Lipinski definition) is 4. The van der Waals surface area contributed by atoms with Gasteiger partial charge in [-0.25, -0.2) is 5.10 Å². The maximum atomic E-state index is 11.4. The zero-order valence-corrected chi connectivity index (χ0v) is 9.11. The van der Waals surface area contributed by atoms with E-state index < -0.39 is 0 Å². The third-order valence-corrected chi connectivity index (χ3v) is 2.68. The number of carbonyl (C=O) groups excluding carboxylic acids is 1. The van der Waals surface area contributed by atoms with Crippen molar-refractivity contribution in [3.63, 3.8) is 0 Å². The molecule has 1 aromatic rings. The van der Waals surface area contributed by atoms with Crippen molar-refractivity contribution in [1.29, 1.82) is 0 Å². The summed E-state index contributed by atoms with van der Waals surface area (Å²) in [7, 11) is 0. The fourth-order valence-electron chi connectivity index (χ4n) is 1.86. The van der Waals surface area contributed by atoms with Crippen LogP contribution in [0.5, 0.6) is 0 Å². The molecule has 1 aliphatic carbocycles. The number of amides is 1. The Morgan fingerprint density at radius 2 is 2.31 bits per heavy atom. The van der Waals surface area contributed by atoms with Gasteiger partial charge in [0.1, 0.15) is 12.9 Å². The maximum absolute atomic E-state index is 11.4. The predicted molar refractivity (Wildman–Crippen MR) is 57.8 cm³/mol. The highest BCUT2D eigenvalue weighted by molar-refractivity contribution is 5.89. The van der Waals surface area contributed by atoms with Gasteiger partial charge in [0.15, 0.2) is 0 Å². The summed E-state index contributed by atoms with van der Waals surface area (Å²) in [6, 6.07) is 0. The quantitative estimate of drug-likeness (QED) is 0.802. The summed E-state index contributed by atoms with van der Waals surface area (Å²) in [6.45, 7) is 0.0887. The summed E-state index contributed by atoms with van der Waals surface area (Å²) in [4.78, 5) is 15.2. The Morgan fingerprint density at radius 1 is 1.50 bits per heavy atom. The Kier molecular flexibility index (Phi) is 3.87. The Balaban J connectivity index is 1.67. The molecule has 1 aromatic heterocycles. The van der Waals surface area contributed by atoms with Gasteiger partial charge in [-0.2, -0.15) is 10.1 Å². The molecule has 1 heterocycles. The number of hydrogen-bond donors (Lipinski definition) is 2. The lowest BCUT2D eigenvalue weighted by Gasteiger charge is -2.21. The number of nitrogens with one attached hydrogen (secondary N) is 2. The topological polar surface area (TPSA) is 79.9 Å². The van der Waals surface area contributed by atoms with Crippen molar-refractivity contribution in [1.82, 2.24) is 15.2 Å². The first-order valence-electron chi connectivity index (χ1n) is 5.61. The number of carbonyl (C=O) groups is 1. The van der Waals surface area contributed by atoms with Crippen LogP contribution in [0, 0.1) is 0 Å². The highest BCUT2D eigenvalue weighted by Gasteiger charge is 2.15. The second-order valence-corrected chi connectivity index (χ2v) is 3.95. The van der Waals surface area contributed by atoms with Gasteiger partial charge in [-0.3, -0.25) is 10.1 Å². The van der Waals surface area contributed by atoms with Crippen LogP contribution in [-0.4, -0.2) is 33.8 Å². The Bertz CT molecular complexity index is 320. The molecule has 0 radical (unpaired) electrons. The average Bonchev–Trinajstić information content (AvgIpc) is 2.81. The zero-order chi connectivity index (χ0) is 11.2. The summed E-state index contributed by atoms with van der Waals surface area (Å²) < 4.78 is 5.52. The van der Waals surface area contributed by atoms with Gasteiger partial charge >= 0.3 is 0 Å². The van der Waals surface area contributed by atoms with E-state index in [9.17, 15) is 4.79 Å². The van der Waals surface area contributed by atoms with E-state index in [4.69, 9.17) is 4.74 Å². The molecule has 2 N–H and O–H groups in total. The monoisotopic (exact) mass is 224 g/mol. The molecule has 1 amide bonds. The zero-order valence-electron chi connectivity index (χ0n) is 9.11. The number of anilines is 1. The molecule has 6 nitrogen and oxygen atoms in total. The van der Waals surface area contributed by atoms with E-state index in [1.54, 1.807) is 0 Å². The number of aromatic amines is 1. The van der Waals surface area contributed by atoms with Crippen LogP contribution in [0.3, 0.4) is 0 Å². The summed E-state index contributed by atoms with van der Waals surface area (Å²) in [6.07, 6.45) is 7.41. The summed E-state index contributed by atoms with van der Waals surface area (Å²) in [5.41, 5.74) is 0. The van der Waals surface area contributed by atoms with E-state index in [-0.39, 0.29) is 18.6 Å². The van der Waals surface area contributed by atoms with Gasteiger partial charge in [0.2, 0.25) is 5.95 Å². The normalized spacial score (nSPS) is 17.2. The van der Waals surface area contributed by atoms with Crippen LogP contribution in [0.15, 0.2) is 6.33 Å². The van der Waals surface area contributed by atoms with Crippen molar-refractivity contribution in [3.05, 3.63) is 6.33 Å². The number of aromatic nitrogens is 3. The lowest BCUT2D eigenvalue weighted by atomic mass is 9.98. The first-order chi connectivity index (χ1) is 7.84. The molecule has 6 heteroatoms. The second-order valence-electron chi connectivity index (χ2n) is 3.95. The van der Waals surface area contributed by atoms with Crippen LogP contribution in [0.1, 0.15) is 32.1 Å². The number of rotatable bonds is 4. The first-order valence-corrected chi connectivity index (χ1v) is 5.61. The van der Waals surface area contributed by atoms with Gasteiger partial charge in [0, 0.05) is 0 Å². The van der Waals surface area contributed by atoms with Gasteiger partial charge in [0.05, 0.1) is 6.10 Å². The largest absolute Gasteiger partial charge is 0.368 e. The highest BCUT2D eigenvalue weighted by Crippen LogP contribution is 2.19. The lowest BCUT2D eigenvalue weighted by molar-refractivity contribution is -0.123. The smallest absolute Gasteiger partial charge is 0.252 e. The number of H-pyrrole nitrogens is 1. The average molecular weight is 224 g/mol. The van der Waals surface area contributed by atoms with Crippen LogP contribution < -0.4 is 5.32 Å². The minimum absolute atomic E-state index is 0.0887. The molecule has 0 unspecified atom stereocenters. The summed E-state index contributed by atoms with van der Waals surface area (Å²) in [5, 5.41) is 8.76.